The molecule has 0 amide bonds. The third kappa shape index (κ3) is 3.41. The van der Waals surface area contributed by atoms with Gasteiger partial charge in [-0.2, -0.15) is 9.97 Å². The van der Waals surface area contributed by atoms with Crippen molar-refractivity contribution in [2.24, 2.45) is 0 Å². The van der Waals surface area contributed by atoms with Crippen molar-refractivity contribution in [3.63, 3.8) is 0 Å². The molecule has 3 heterocycles. The maximum Gasteiger partial charge on any atom is 0.226 e. The Morgan fingerprint density at radius 2 is 2.19 bits per heavy atom. The van der Waals surface area contributed by atoms with Gasteiger partial charge in [-0.3, -0.25) is 4.57 Å². The monoisotopic (exact) mass is 455 g/mol. The smallest absolute Gasteiger partial charge is 0.226 e. The number of aliphatic hydroxyl groups is 2. The lowest BCUT2D eigenvalue weighted by Gasteiger charge is -2.17. The number of fused-ring (bicyclic) bond motifs is 1. The van der Waals surface area contributed by atoms with E-state index in [2.05, 4.69) is 36.2 Å². The second kappa shape index (κ2) is 7.32. The van der Waals surface area contributed by atoms with E-state index in [4.69, 9.17) is 11.6 Å². The summed E-state index contributed by atoms with van der Waals surface area (Å²) in [6.45, 7) is 0.550. The van der Waals surface area contributed by atoms with Crippen LogP contribution in [0.25, 0.3) is 11.2 Å². The molecule has 1 unspecified atom stereocenters. The number of aromatic nitrogens is 4. The number of nitrogens with zero attached hydrogens (tertiary/aromatic N) is 4. The van der Waals surface area contributed by atoms with Crippen LogP contribution in [0.4, 0.5) is 5.82 Å². The number of imidazole rings is 1. The van der Waals surface area contributed by atoms with E-state index in [1.807, 2.05) is 24.3 Å². The maximum atomic E-state index is 10.2. The Balaban J connectivity index is 1.66. The molecule has 10 heteroatoms. The minimum absolute atomic E-state index is 0.0917. The predicted molar refractivity (Wildman–Crippen MR) is 105 cm³/mol. The van der Waals surface area contributed by atoms with Crippen molar-refractivity contribution in [3.8, 4) is 0 Å². The molecule has 1 saturated heterocycles. The average molecular weight is 457 g/mol. The fourth-order valence-corrected chi connectivity index (χ4v) is 4.76. The van der Waals surface area contributed by atoms with Crippen molar-refractivity contribution in [2.45, 2.75) is 24.1 Å². The summed E-state index contributed by atoms with van der Waals surface area (Å²) >= 11 is 11.0. The van der Waals surface area contributed by atoms with Crippen molar-refractivity contribution in [1.29, 1.82) is 0 Å². The van der Waals surface area contributed by atoms with E-state index in [-0.39, 0.29) is 10.7 Å². The van der Waals surface area contributed by atoms with Gasteiger partial charge in [-0.25, -0.2) is 4.98 Å². The molecule has 136 valence electrons. The average Bonchev–Trinajstić information content (AvgIpc) is 3.17. The molecule has 3 atom stereocenters. The van der Waals surface area contributed by atoms with Crippen molar-refractivity contribution in [1.82, 2.24) is 19.5 Å². The molecule has 1 aliphatic heterocycles. The fourth-order valence-electron chi connectivity index (χ4n) is 2.86. The number of hydrogen-bond acceptors (Lipinski definition) is 7. The molecule has 4 rings (SSSR count). The Hall–Kier alpha value is -1.39. The Morgan fingerprint density at radius 3 is 2.92 bits per heavy atom. The third-order valence-corrected chi connectivity index (χ3v) is 6.19. The first kappa shape index (κ1) is 18.0. The number of aliphatic hydroxyl groups excluding tert-OH is 2. The van der Waals surface area contributed by atoms with Gasteiger partial charge in [-0.15, -0.1) is 11.8 Å². The lowest BCUT2D eigenvalue weighted by molar-refractivity contribution is 0.0313. The second-order valence-electron chi connectivity index (χ2n) is 5.93. The lowest BCUT2D eigenvalue weighted by atomic mass is 10.2. The van der Waals surface area contributed by atoms with Crippen LogP contribution in [-0.4, -0.2) is 47.7 Å². The van der Waals surface area contributed by atoms with Crippen LogP contribution in [0, 0.1) is 0 Å². The van der Waals surface area contributed by atoms with Crippen LogP contribution in [-0.2, 0) is 6.54 Å². The number of nitrogens with one attached hydrogen (secondary N) is 1. The first-order chi connectivity index (χ1) is 12.5. The quantitative estimate of drug-likeness (QED) is 0.520. The summed E-state index contributed by atoms with van der Waals surface area (Å²) in [6.07, 6.45) is -0.0584. The zero-order valence-electron chi connectivity index (χ0n) is 13.4. The Labute approximate surface area is 166 Å². The van der Waals surface area contributed by atoms with E-state index in [0.717, 1.165) is 10.0 Å². The van der Waals surface area contributed by atoms with Gasteiger partial charge >= 0.3 is 0 Å². The molecule has 3 N–H and O–H groups in total. The Morgan fingerprint density at radius 1 is 1.35 bits per heavy atom. The van der Waals surface area contributed by atoms with Gasteiger partial charge < -0.3 is 15.5 Å². The molecule has 0 saturated carbocycles. The van der Waals surface area contributed by atoms with E-state index in [1.165, 1.54) is 11.8 Å². The van der Waals surface area contributed by atoms with Gasteiger partial charge in [0, 0.05) is 16.8 Å². The van der Waals surface area contributed by atoms with Crippen molar-refractivity contribution in [2.75, 3.05) is 11.1 Å². The van der Waals surface area contributed by atoms with Crippen molar-refractivity contribution < 1.29 is 10.2 Å². The molecule has 1 aromatic carbocycles. The van der Waals surface area contributed by atoms with E-state index in [0.29, 0.717) is 29.3 Å². The van der Waals surface area contributed by atoms with E-state index in [9.17, 15) is 10.2 Å². The molecule has 0 aliphatic carbocycles. The summed E-state index contributed by atoms with van der Waals surface area (Å²) in [4.78, 5) is 12.9. The van der Waals surface area contributed by atoms with Gasteiger partial charge in [0.15, 0.2) is 17.0 Å². The van der Waals surface area contributed by atoms with Crippen LogP contribution >= 0.6 is 39.3 Å². The number of benzene rings is 1. The van der Waals surface area contributed by atoms with Crippen molar-refractivity contribution in [3.05, 3.63) is 45.9 Å². The van der Waals surface area contributed by atoms with Crippen LogP contribution < -0.4 is 5.32 Å². The number of thioether (sulfide) groups is 1. The molecule has 1 fully saturated rings. The Bertz CT molecular complexity index is 956. The van der Waals surface area contributed by atoms with Gasteiger partial charge in [-0.05, 0) is 29.3 Å². The molecule has 7 nitrogen and oxygen atoms in total. The van der Waals surface area contributed by atoms with Gasteiger partial charge in [0.05, 0.1) is 12.4 Å². The zero-order valence-corrected chi connectivity index (χ0v) is 16.5. The summed E-state index contributed by atoms with van der Waals surface area (Å²) in [7, 11) is 0. The fraction of sp³-hybridized carbons (Fsp3) is 0.312. The van der Waals surface area contributed by atoms with Gasteiger partial charge in [0.2, 0.25) is 5.28 Å². The standard InChI is InChI=1S/C16H15BrClN5O2S/c17-9-3-1-2-8(4-9)5-19-13-11-14(22-16(18)21-13)23(7-20-11)15-12(25)10(24)6-26-15/h1-4,7,10,12,15,24-25H,5-6H2,(H,19,21,22)/t10-,12?,15+/m0/s1. The topological polar surface area (TPSA) is 96.1 Å². The summed E-state index contributed by atoms with van der Waals surface area (Å²) < 4.78 is 2.73. The highest BCUT2D eigenvalue weighted by molar-refractivity contribution is 9.10. The van der Waals surface area contributed by atoms with E-state index < -0.39 is 12.2 Å². The molecular formula is C16H15BrClN5O2S. The summed E-state index contributed by atoms with van der Waals surface area (Å²) in [6, 6.07) is 7.94. The zero-order chi connectivity index (χ0) is 18.3. The first-order valence-electron chi connectivity index (χ1n) is 7.89. The number of hydrogen-bond donors (Lipinski definition) is 3. The second-order valence-corrected chi connectivity index (χ2v) is 8.33. The van der Waals surface area contributed by atoms with Gasteiger partial charge in [0.1, 0.15) is 11.5 Å². The molecule has 0 radical (unpaired) electrons. The van der Waals surface area contributed by atoms with Crippen molar-refractivity contribution >= 4 is 56.3 Å². The number of anilines is 1. The molecule has 26 heavy (non-hydrogen) atoms. The molecule has 2 aromatic heterocycles. The van der Waals surface area contributed by atoms with Crippen LogP contribution in [0.2, 0.25) is 5.28 Å². The van der Waals surface area contributed by atoms with Crippen LogP contribution in [0.1, 0.15) is 10.9 Å². The van der Waals surface area contributed by atoms with Crippen LogP contribution in [0.3, 0.4) is 0 Å². The minimum atomic E-state index is -0.885. The lowest BCUT2D eigenvalue weighted by Crippen LogP contribution is -2.27. The number of halogens is 2. The van der Waals surface area contributed by atoms with Gasteiger partial charge in [-0.1, -0.05) is 28.1 Å². The summed E-state index contributed by atoms with van der Waals surface area (Å²) in [5.41, 5.74) is 2.16. The summed E-state index contributed by atoms with van der Waals surface area (Å²) in [5, 5.41) is 23.0. The first-order valence-corrected chi connectivity index (χ1v) is 10.1. The van der Waals surface area contributed by atoms with E-state index >= 15 is 0 Å². The molecule has 0 spiro atoms. The Kier molecular flexibility index (Phi) is 5.07. The van der Waals surface area contributed by atoms with E-state index in [1.54, 1.807) is 10.9 Å². The highest BCUT2D eigenvalue weighted by Gasteiger charge is 2.36. The largest absolute Gasteiger partial charge is 0.389 e. The molecule has 1 aliphatic rings. The number of rotatable bonds is 4. The molecular weight excluding hydrogens is 442 g/mol. The SMILES string of the molecule is OC1[C@H](n2cnc3c(NCc4cccc(Br)c4)nc(Cl)nc32)SC[C@@H]1O. The predicted octanol–water partition coefficient (Wildman–Crippen LogP) is 2.82. The van der Waals surface area contributed by atoms with Crippen LogP contribution in [0.5, 0.6) is 0 Å². The van der Waals surface area contributed by atoms with Crippen LogP contribution in [0.15, 0.2) is 35.1 Å². The third-order valence-electron chi connectivity index (χ3n) is 4.14. The summed E-state index contributed by atoms with van der Waals surface area (Å²) in [5.74, 6) is 0.981. The molecule has 0 bridgehead atoms. The normalized spacial score (nSPS) is 22.8. The highest BCUT2D eigenvalue weighted by Crippen LogP contribution is 2.38. The molecule has 3 aromatic rings. The van der Waals surface area contributed by atoms with Gasteiger partial charge in [0.25, 0.3) is 0 Å². The minimum Gasteiger partial charge on any atom is -0.389 e. The maximum absolute atomic E-state index is 10.2. The highest BCUT2D eigenvalue weighted by atomic mass is 79.9.